The topological polar surface area (TPSA) is 51.6 Å². The highest BCUT2D eigenvalue weighted by Gasteiger charge is 2.26. The van der Waals surface area contributed by atoms with Crippen LogP contribution in [0.25, 0.3) is 11.1 Å². The maximum Gasteiger partial charge on any atom is 0.225 e. The number of fused-ring (bicyclic) bond motifs is 1. The maximum atomic E-state index is 10.3. The van der Waals surface area contributed by atoms with E-state index < -0.39 is 6.29 Å². The first-order valence-electron chi connectivity index (χ1n) is 6.35. The number of benzene rings is 1. The first kappa shape index (κ1) is 12.7. The van der Waals surface area contributed by atoms with Gasteiger partial charge in [0.25, 0.3) is 0 Å². The number of nitrogens with zero attached hydrogens (tertiary/aromatic N) is 1. The summed E-state index contributed by atoms with van der Waals surface area (Å²) in [6, 6.07) is 9.33. The Balaban J connectivity index is 2.15. The van der Waals surface area contributed by atoms with E-state index >= 15 is 0 Å². The van der Waals surface area contributed by atoms with Crippen LogP contribution in [-0.2, 0) is 0 Å². The summed E-state index contributed by atoms with van der Waals surface area (Å²) in [4.78, 5) is 4.00. The van der Waals surface area contributed by atoms with Gasteiger partial charge in [-0.25, -0.2) is 0 Å². The van der Waals surface area contributed by atoms with Crippen molar-refractivity contribution in [3.05, 3.63) is 53.9 Å². The summed E-state index contributed by atoms with van der Waals surface area (Å²) in [5.41, 5.74) is 3.63. The maximum absolute atomic E-state index is 10.3. The fourth-order valence-corrected chi connectivity index (χ4v) is 2.44. The smallest absolute Gasteiger partial charge is 0.225 e. The first-order chi connectivity index (χ1) is 9.70. The molecule has 0 saturated heterocycles. The molecule has 0 fully saturated rings. The van der Waals surface area contributed by atoms with Crippen LogP contribution in [0.5, 0.6) is 11.5 Å². The van der Waals surface area contributed by atoms with E-state index in [1.807, 2.05) is 31.2 Å². The van der Waals surface area contributed by atoms with Gasteiger partial charge in [-0.3, -0.25) is 4.98 Å². The number of aliphatic hydroxyl groups is 1. The third-order valence-electron chi connectivity index (χ3n) is 3.47. The van der Waals surface area contributed by atoms with Crippen molar-refractivity contribution in [2.45, 2.75) is 13.2 Å². The molecule has 2 heterocycles. The molecule has 0 bridgehead atoms. The molecule has 1 aromatic heterocycles. The van der Waals surface area contributed by atoms with Crippen LogP contribution in [0.3, 0.4) is 0 Å². The van der Waals surface area contributed by atoms with Gasteiger partial charge in [0.05, 0.1) is 7.11 Å². The normalized spacial score (nSPS) is 17.4. The summed E-state index contributed by atoms with van der Waals surface area (Å²) < 4.78 is 10.8. The summed E-state index contributed by atoms with van der Waals surface area (Å²) >= 11 is 0. The molecule has 0 aliphatic carbocycles. The van der Waals surface area contributed by atoms with Crippen LogP contribution in [-0.4, -0.2) is 23.5 Å². The molecule has 1 aromatic carbocycles. The second kappa shape index (κ2) is 4.98. The fourth-order valence-electron chi connectivity index (χ4n) is 2.44. The molecule has 0 radical (unpaired) electrons. The molecule has 1 aliphatic rings. The standard InChI is InChI=1S/C16H15NO3/c1-10-13-4-3-12(19-2)9-14(13)20-16(18)15(10)11-5-7-17-8-6-11/h3-9,16,18H,1-2H3. The molecule has 1 aliphatic heterocycles. The van der Waals surface area contributed by atoms with Gasteiger partial charge in [0.2, 0.25) is 6.29 Å². The SMILES string of the molecule is COc1ccc2c(c1)OC(O)C(c1ccncc1)=C2C. The number of ether oxygens (including phenoxy) is 2. The Kier molecular flexibility index (Phi) is 3.16. The monoisotopic (exact) mass is 269 g/mol. The van der Waals surface area contributed by atoms with Gasteiger partial charge in [0.1, 0.15) is 11.5 Å². The summed E-state index contributed by atoms with van der Waals surface area (Å²) in [6.45, 7) is 1.98. The van der Waals surface area contributed by atoms with Gasteiger partial charge < -0.3 is 14.6 Å². The minimum absolute atomic E-state index is 0.632. The second-order valence-electron chi connectivity index (χ2n) is 4.61. The molecule has 4 heteroatoms. The number of allylic oxidation sites excluding steroid dienone is 1. The van der Waals surface area contributed by atoms with Crippen LogP contribution in [0.4, 0.5) is 0 Å². The van der Waals surface area contributed by atoms with E-state index in [0.717, 1.165) is 22.3 Å². The fraction of sp³-hybridized carbons (Fsp3) is 0.188. The van der Waals surface area contributed by atoms with Crippen molar-refractivity contribution in [3.63, 3.8) is 0 Å². The van der Waals surface area contributed by atoms with Crippen molar-refractivity contribution in [1.29, 1.82) is 0 Å². The third-order valence-corrected chi connectivity index (χ3v) is 3.47. The number of pyridine rings is 1. The van der Waals surface area contributed by atoms with E-state index in [2.05, 4.69) is 4.98 Å². The minimum atomic E-state index is -0.989. The molecular weight excluding hydrogens is 254 g/mol. The molecule has 1 unspecified atom stereocenters. The van der Waals surface area contributed by atoms with E-state index in [0.29, 0.717) is 11.5 Å². The number of methoxy groups -OCH3 is 1. The Labute approximate surface area is 117 Å². The van der Waals surface area contributed by atoms with Gasteiger partial charge in [-0.1, -0.05) is 0 Å². The van der Waals surface area contributed by atoms with Gasteiger partial charge >= 0.3 is 0 Å². The predicted molar refractivity (Wildman–Crippen MR) is 76.4 cm³/mol. The zero-order chi connectivity index (χ0) is 14.1. The van der Waals surface area contributed by atoms with E-state index in [4.69, 9.17) is 9.47 Å². The van der Waals surface area contributed by atoms with Crippen molar-refractivity contribution in [2.24, 2.45) is 0 Å². The second-order valence-corrected chi connectivity index (χ2v) is 4.61. The highest BCUT2D eigenvalue weighted by molar-refractivity contribution is 5.94. The van der Waals surface area contributed by atoms with Gasteiger partial charge in [-0.15, -0.1) is 0 Å². The average Bonchev–Trinajstić information content (AvgIpc) is 2.47. The quantitative estimate of drug-likeness (QED) is 0.910. The van der Waals surface area contributed by atoms with Crippen LogP contribution < -0.4 is 9.47 Å². The third kappa shape index (κ3) is 2.04. The van der Waals surface area contributed by atoms with Gasteiger partial charge in [0, 0.05) is 29.6 Å². The zero-order valence-electron chi connectivity index (χ0n) is 11.3. The first-order valence-corrected chi connectivity index (χ1v) is 6.35. The van der Waals surface area contributed by atoms with E-state index in [1.54, 1.807) is 25.6 Å². The lowest BCUT2D eigenvalue weighted by molar-refractivity contribution is 0.0313. The molecule has 1 N–H and O–H groups in total. The van der Waals surface area contributed by atoms with Gasteiger partial charge in [-0.05, 0) is 42.3 Å². The molecule has 1 atom stereocenters. The van der Waals surface area contributed by atoms with Crippen LogP contribution in [0, 0.1) is 0 Å². The summed E-state index contributed by atoms with van der Waals surface area (Å²) in [7, 11) is 1.60. The Bertz CT molecular complexity index is 665. The molecule has 3 rings (SSSR count). The van der Waals surface area contributed by atoms with Crippen LogP contribution >= 0.6 is 0 Å². The Hall–Kier alpha value is -2.33. The Morgan fingerprint density at radius 1 is 1.20 bits per heavy atom. The molecule has 102 valence electrons. The lowest BCUT2D eigenvalue weighted by Crippen LogP contribution is -2.22. The van der Waals surface area contributed by atoms with Crippen molar-refractivity contribution in [2.75, 3.05) is 7.11 Å². The number of hydrogen-bond donors (Lipinski definition) is 1. The van der Waals surface area contributed by atoms with E-state index in [-0.39, 0.29) is 0 Å². The highest BCUT2D eigenvalue weighted by atomic mass is 16.6. The summed E-state index contributed by atoms with van der Waals surface area (Å²) in [6.07, 6.45) is 2.41. The average molecular weight is 269 g/mol. The number of aromatic nitrogens is 1. The molecule has 4 nitrogen and oxygen atoms in total. The van der Waals surface area contributed by atoms with Gasteiger partial charge in [-0.2, -0.15) is 0 Å². The van der Waals surface area contributed by atoms with Crippen LogP contribution in [0.2, 0.25) is 0 Å². The molecule has 20 heavy (non-hydrogen) atoms. The summed E-state index contributed by atoms with van der Waals surface area (Å²) in [5.74, 6) is 1.34. The number of aliphatic hydroxyl groups excluding tert-OH is 1. The van der Waals surface area contributed by atoms with Crippen molar-refractivity contribution in [3.8, 4) is 11.5 Å². The largest absolute Gasteiger partial charge is 0.497 e. The molecule has 0 saturated carbocycles. The van der Waals surface area contributed by atoms with Crippen molar-refractivity contribution in [1.82, 2.24) is 4.98 Å². The Morgan fingerprint density at radius 3 is 2.65 bits per heavy atom. The van der Waals surface area contributed by atoms with Gasteiger partial charge in [0.15, 0.2) is 0 Å². The van der Waals surface area contributed by atoms with Crippen molar-refractivity contribution >= 4 is 11.1 Å². The lowest BCUT2D eigenvalue weighted by atomic mass is 9.93. The number of rotatable bonds is 2. The lowest BCUT2D eigenvalue weighted by Gasteiger charge is -2.27. The summed E-state index contributed by atoms with van der Waals surface area (Å²) in [5, 5.41) is 10.3. The van der Waals surface area contributed by atoms with Crippen LogP contribution in [0.1, 0.15) is 18.1 Å². The highest BCUT2D eigenvalue weighted by Crippen LogP contribution is 2.40. The Morgan fingerprint density at radius 2 is 1.95 bits per heavy atom. The zero-order valence-corrected chi connectivity index (χ0v) is 11.3. The van der Waals surface area contributed by atoms with Crippen LogP contribution in [0.15, 0.2) is 42.7 Å². The molecule has 0 amide bonds. The number of hydrogen-bond acceptors (Lipinski definition) is 4. The molecule has 2 aromatic rings. The molecular formula is C16H15NO3. The molecule has 0 spiro atoms. The van der Waals surface area contributed by atoms with Crippen molar-refractivity contribution < 1.29 is 14.6 Å². The minimum Gasteiger partial charge on any atom is -0.497 e. The van der Waals surface area contributed by atoms with E-state index in [9.17, 15) is 5.11 Å². The van der Waals surface area contributed by atoms with E-state index in [1.165, 1.54) is 0 Å². The predicted octanol–water partition coefficient (Wildman–Crippen LogP) is 2.73.